The molecule has 0 bridgehead atoms. The molecular formula is C32H38ClN3O2. The van der Waals surface area contributed by atoms with Crippen molar-refractivity contribution in [2.24, 2.45) is 16.8 Å². The second kappa shape index (κ2) is 11.9. The van der Waals surface area contributed by atoms with Crippen molar-refractivity contribution in [1.29, 1.82) is 0 Å². The molecule has 0 amide bonds. The number of aliphatic imine (C=N–C) groups is 1. The molecule has 1 N–H and O–H groups in total. The lowest BCUT2D eigenvalue weighted by molar-refractivity contribution is 0.311. The number of phenols is 1. The van der Waals surface area contributed by atoms with Gasteiger partial charge in [-0.05, 0) is 110 Å². The predicted octanol–water partition coefficient (Wildman–Crippen LogP) is 7.99. The highest BCUT2D eigenvalue weighted by atomic mass is 35.5. The van der Waals surface area contributed by atoms with E-state index in [0.717, 1.165) is 58.7 Å². The van der Waals surface area contributed by atoms with Gasteiger partial charge in [-0.2, -0.15) is 0 Å². The van der Waals surface area contributed by atoms with Crippen LogP contribution in [0.15, 0.2) is 53.7 Å². The molecule has 1 atom stereocenters. The molecular weight excluding hydrogens is 494 g/mol. The molecule has 1 aliphatic heterocycles. The Bertz CT molecular complexity index is 1360. The van der Waals surface area contributed by atoms with Gasteiger partial charge in [0.1, 0.15) is 0 Å². The molecule has 2 aromatic carbocycles. The van der Waals surface area contributed by atoms with Crippen LogP contribution in [-0.4, -0.2) is 47.4 Å². The van der Waals surface area contributed by atoms with Crippen molar-refractivity contribution in [1.82, 2.24) is 9.88 Å². The molecule has 1 saturated carbocycles. The Kier molecular flexibility index (Phi) is 8.35. The summed E-state index contributed by atoms with van der Waals surface area (Å²) >= 11 is 6.31. The molecule has 200 valence electrons. The number of methoxy groups -OCH3 is 1. The zero-order chi connectivity index (χ0) is 26.6. The van der Waals surface area contributed by atoms with Crippen LogP contribution < -0.4 is 4.74 Å². The minimum Gasteiger partial charge on any atom is -0.503 e. The molecule has 1 unspecified atom stereocenters. The van der Waals surface area contributed by atoms with Gasteiger partial charge in [-0.3, -0.25) is 9.98 Å². The number of hydrogen-bond acceptors (Lipinski definition) is 5. The zero-order valence-electron chi connectivity index (χ0n) is 22.7. The second-order valence-corrected chi connectivity index (χ2v) is 11.2. The Morgan fingerprint density at radius 2 is 2.00 bits per heavy atom. The van der Waals surface area contributed by atoms with Crippen molar-refractivity contribution in [2.45, 2.75) is 52.4 Å². The largest absolute Gasteiger partial charge is 0.503 e. The van der Waals surface area contributed by atoms with E-state index in [2.05, 4.69) is 37.0 Å². The van der Waals surface area contributed by atoms with Gasteiger partial charge < -0.3 is 14.7 Å². The van der Waals surface area contributed by atoms with Crippen molar-refractivity contribution in [3.63, 3.8) is 0 Å². The lowest BCUT2D eigenvalue weighted by Crippen LogP contribution is -2.24. The molecule has 6 heteroatoms. The number of benzene rings is 2. The smallest absolute Gasteiger partial charge is 0.176 e. The highest BCUT2D eigenvalue weighted by Gasteiger charge is 2.24. The van der Waals surface area contributed by atoms with Crippen LogP contribution in [0.1, 0.15) is 51.5 Å². The number of ether oxygens (including phenoxy) is 1. The Morgan fingerprint density at radius 3 is 2.71 bits per heavy atom. The van der Waals surface area contributed by atoms with E-state index in [1.807, 2.05) is 24.4 Å². The number of aromatic hydroxyl groups is 1. The van der Waals surface area contributed by atoms with Gasteiger partial charge in [0.25, 0.3) is 0 Å². The zero-order valence-corrected chi connectivity index (χ0v) is 23.5. The van der Waals surface area contributed by atoms with Crippen molar-refractivity contribution in [3.8, 4) is 22.6 Å². The molecule has 1 saturated heterocycles. The first-order valence-corrected chi connectivity index (χ1v) is 14.3. The number of aromatic nitrogens is 1. The van der Waals surface area contributed by atoms with Crippen LogP contribution in [0.25, 0.3) is 22.0 Å². The molecule has 2 aliphatic rings. The van der Waals surface area contributed by atoms with Crippen molar-refractivity contribution in [2.75, 3.05) is 26.7 Å². The summed E-state index contributed by atoms with van der Waals surface area (Å²) in [6, 6.07) is 9.80. The second-order valence-electron chi connectivity index (χ2n) is 10.8. The van der Waals surface area contributed by atoms with Crippen LogP contribution in [0.3, 0.4) is 0 Å². The molecule has 3 aromatic rings. The van der Waals surface area contributed by atoms with Gasteiger partial charge in [0, 0.05) is 23.8 Å². The summed E-state index contributed by atoms with van der Waals surface area (Å²) in [6.07, 6.45) is 13.6. The average Bonchev–Trinajstić information content (AvgIpc) is 3.60. The van der Waals surface area contributed by atoms with E-state index >= 15 is 0 Å². The van der Waals surface area contributed by atoms with E-state index in [0.29, 0.717) is 11.7 Å². The number of phenolic OH excluding ortho intramolecular Hbond substituents is 1. The molecule has 2 fully saturated rings. The fraction of sp³-hybridized carbons (Fsp3) is 0.438. The number of rotatable bonds is 10. The lowest BCUT2D eigenvalue weighted by Gasteiger charge is -2.17. The van der Waals surface area contributed by atoms with Gasteiger partial charge in [-0.15, -0.1) is 0 Å². The minimum absolute atomic E-state index is 0.0456. The average molecular weight is 532 g/mol. The van der Waals surface area contributed by atoms with E-state index in [4.69, 9.17) is 26.3 Å². The number of pyridine rings is 1. The number of fused-ring (bicyclic) bond motifs is 1. The van der Waals surface area contributed by atoms with Crippen molar-refractivity contribution < 1.29 is 9.84 Å². The Morgan fingerprint density at radius 1 is 1.21 bits per heavy atom. The highest BCUT2D eigenvalue weighted by molar-refractivity contribution is 6.32. The minimum atomic E-state index is -0.0456. The van der Waals surface area contributed by atoms with Gasteiger partial charge in [-0.1, -0.05) is 37.6 Å². The molecule has 0 spiro atoms. The van der Waals surface area contributed by atoms with Crippen LogP contribution in [0.2, 0.25) is 5.02 Å². The van der Waals surface area contributed by atoms with Crippen LogP contribution >= 0.6 is 11.6 Å². The molecule has 2 heterocycles. The summed E-state index contributed by atoms with van der Waals surface area (Å²) in [7, 11) is 1.53. The molecule has 5 nitrogen and oxygen atoms in total. The van der Waals surface area contributed by atoms with Crippen LogP contribution in [0.5, 0.6) is 11.5 Å². The monoisotopic (exact) mass is 531 g/mol. The number of allylic oxidation sites excluding steroid dienone is 1. The fourth-order valence-electron chi connectivity index (χ4n) is 5.30. The SMILES string of the molecule is CCC(/C=C\C(C)CN1CCCC1)=Nc1c(CC2CC2)cnc2ccc(-c3cc(Cl)c(O)c(OC)c3)cc12. The number of hydrogen-bond donors (Lipinski definition) is 1. The van der Waals surface area contributed by atoms with Crippen molar-refractivity contribution in [3.05, 3.63) is 59.3 Å². The quantitative estimate of drug-likeness (QED) is 0.269. The summed E-state index contributed by atoms with van der Waals surface area (Å²) in [5.41, 5.74) is 6.10. The molecule has 38 heavy (non-hydrogen) atoms. The molecule has 1 aromatic heterocycles. The van der Waals surface area contributed by atoms with E-state index in [9.17, 15) is 5.11 Å². The first kappa shape index (κ1) is 26.7. The lowest BCUT2D eigenvalue weighted by atomic mass is 9.99. The number of likely N-dealkylation sites (tertiary alicyclic amines) is 1. The van der Waals surface area contributed by atoms with Gasteiger partial charge in [0.15, 0.2) is 11.5 Å². The number of halogens is 1. The molecule has 0 radical (unpaired) electrons. The Balaban J connectivity index is 1.54. The fourth-order valence-corrected chi connectivity index (χ4v) is 5.51. The van der Waals surface area contributed by atoms with E-state index in [1.165, 1.54) is 51.4 Å². The topological polar surface area (TPSA) is 58.0 Å². The first-order valence-electron chi connectivity index (χ1n) is 13.9. The Hall–Kier alpha value is -2.89. The van der Waals surface area contributed by atoms with E-state index in [-0.39, 0.29) is 10.8 Å². The molecule has 1 aliphatic carbocycles. The van der Waals surface area contributed by atoms with Crippen LogP contribution in [-0.2, 0) is 6.42 Å². The summed E-state index contributed by atoms with van der Waals surface area (Å²) < 4.78 is 5.34. The van der Waals surface area contributed by atoms with E-state index in [1.54, 1.807) is 6.07 Å². The van der Waals surface area contributed by atoms with Gasteiger partial charge in [-0.25, -0.2) is 0 Å². The third kappa shape index (κ3) is 6.22. The third-order valence-electron chi connectivity index (χ3n) is 7.68. The maximum atomic E-state index is 10.2. The summed E-state index contributed by atoms with van der Waals surface area (Å²) in [5.74, 6) is 1.53. The number of nitrogens with zero attached hydrogens (tertiary/aromatic N) is 3. The Labute approximate surface area is 231 Å². The predicted molar refractivity (Wildman–Crippen MR) is 158 cm³/mol. The standard InChI is InChI=1S/C32H38ClN3O2/c1-4-26(11-7-21(2)20-36-13-5-6-14-36)35-31-25(15-22-8-9-22)19-34-29-12-10-23(16-27(29)31)24-17-28(33)32(37)30(18-24)38-3/h7,10-12,16-19,21-22,37H,4-6,8-9,13-15,20H2,1-3H3/b11-7-,35-26?. The van der Waals surface area contributed by atoms with Crippen LogP contribution in [0, 0.1) is 11.8 Å². The maximum Gasteiger partial charge on any atom is 0.176 e. The van der Waals surface area contributed by atoms with Gasteiger partial charge in [0.05, 0.1) is 23.3 Å². The summed E-state index contributed by atoms with van der Waals surface area (Å²) in [4.78, 5) is 12.6. The van der Waals surface area contributed by atoms with Crippen LogP contribution in [0.4, 0.5) is 5.69 Å². The first-order chi connectivity index (χ1) is 18.4. The normalized spacial score (nSPS) is 17.5. The maximum absolute atomic E-state index is 10.2. The summed E-state index contributed by atoms with van der Waals surface area (Å²) in [5, 5.41) is 11.5. The van der Waals surface area contributed by atoms with Gasteiger partial charge in [0.2, 0.25) is 0 Å². The van der Waals surface area contributed by atoms with Gasteiger partial charge >= 0.3 is 0 Å². The molecule has 5 rings (SSSR count). The van der Waals surface area contributed by atoms with Crippen molar-refractivity contribution >= 4 is 33.9 Å². The van der Waals surface area contributed by atoms with E-state index < -0.39 is 0 Å². The summed E-state index contributed by atoms with van der Waals surface area (Å²) in [6.45, 7) is 8.03. The third-order valence-corrected chi connectivity index (χ3v) is 7.97. The highest BCUT2D eigenvalue weighted by Crippen LogP contribution is 2.41.